The maximum absolute atomic E-state index is 13.4. The van der Waals surface area contributed by atoms with E-state index in [2.05, 4.69) is 13.2 Å². The number of aryl methyl sites for hydroxylation is 2. The molecule has 0 atom stereocenters. The summed E-state index contributed by atoms with van der Waals surface area (Å²) in [7, 11) is 1.63. The minimum atomic E-state index is 0.00311. The lowest BCUT2D eigenvalue weighted by atomic mass is 10.2. The summed E-state index contributed by atoms with van der Waals surface area (Å²) >= 11 is 5.06. The quantitative estimate of drug-likeness (QED) is 0.321. The van der Waals surface area contributed by atoms with Crippen LogP contribution in [0.15, 0.2) is 34.2 Å². The van der Waals surface area contributed by atoms with E-state index in [1.54, 1.807) is 46.5 Å². The number of thiophene rings is 1. The molecule has 1 aromatic carbocycles. The lowest BCUT2D eigenvalue weighted by molar-refractivity contribution is 0.414. The molecule has 0 aliphatic carbocycles. The number of nitrogens with zero attached hydrogens (tertiary/aromatic N) is 2. The molecule has 0 N–H and O–H groups in total. The van der Waals surface area contributed by atoms with Crippen LogP contribution in [0.4, 0.5) is 0 Å². The number of benzene rings is 1. The van der Waals surface area contributed by atoms with Crippen LogP contribution in [0, 0.1) is 6.92 Å². The number of methoxy groups -OCH3 is 1. The third-order valence-electron chi connectivity index (χ3n) is 4.18. The van der Waals surface area contributed by atoms with Crippen molar-refractivity contribution in [3.8, 4) is 11.4 Å². The minimum Gasteiger partial charge on any atom is -0.497 e. The number of rotatable bonds is 7. The van der Waals surface area contributed by atoms with Crippen LogP contribution in [0.2, 0.25) is 0 Å². The van der Waals surface area contributed by atoms with E-state index in [-0.39, 0.29) is 5.56 Å². The number of thioether (sulfide) groups is 2. The zero-order valence-corrected chi connectivity index (χ0v) is 17.8. The van der Waals surface area contributed by atoms with Crippen molar-refractivity contribution in [1.29, 1.82) is 0 Å². The summed E-state index contributed by atoms with van der Waals surface area (Å²) in [4.78, 5) is 20.3. The van der Waals surface area contributed by atoms with Gasteiger partial charge in [0, 0.05) is 22.4 Å². The second kappa shape index (κ2) is 8.50. The summed E-state index contributed by atoms with van der Waals surface area (Å²) in [6, 6.07) is 7.60. The minimum absolute atomic E-state index is 0.00311. The van der Waals surface area contributed by atoms with Gasteiger partial charge in [0.15, 0.2) is 5.16 Å². The standard InChI is InChI=1S/C19H22N2O2S3/c1-5-15-12(2)16-17(26-15)20-19(25-10-9-24-4)21(18(16)22)13-7-6-8-14(11-13)23-3/h6-8,11H,5,9-10H2,1-4H3. The summed E-state index contributed by atoms with van der Waals surface area (Å²) in [6.45, 7) is 4.14. The highest BCUT2D eigenvalue weighted by Crippen LogP contribution is 2.31. The van der Waals surface area contributed by atoms with Gasteiger partial charge in [0.05, 0.1) is 18.2 Å². The Morgan fingerprint density at radius 2 is 2.12 bits per heavy atom. The van der Waals surface area contributed by atoms with E-state index in [0.717, 1.165) is 50.3 Å². The molecule has 0 amide bonds. The van der Waals surface area contributed by atoms with E-state index < -0.39 is 0 Å². The second-order valence-electron chi connectivity index (χ2n) is 5.76. The van der Waals surface area contributed by atoms with E-state index in [1.807, 2.05) is 31.2 Å². The summed E-state index contributed by atoms with van der Waals surface area (Å²) in [5.74, 6) is 2.65. The molecule has 0 saturated heterocycles. The Bertz CT molecular complexity index is 979. The first kappa shape index (κ1) is 19.3. The Kier molecular flexibility index (Phi) is 6.32. The van der Waals surface area contributed by atoms with Gasteiger partial charge in [0.2, 0.25) is 0 Å². The Morgan fingerprint density at radius 1 is 1.31 bits per heavy atom. The molecular weight excluding hydrogens is 384 g/mol. The Hall–Kier alpha value is -1.44. The van der Waals surface area contributed by atoms with Crippen LogP contribution >= 0.6 is 34.9 Å². The summed E-state index contributed by atoms with van der Waals surface area (Å²) in [6.07, 6.45) is 3.00. The van der Waals surface area contributed by atoms with Gasteiger partial charge in [-0.15, -0.1) is 11.3 Å². The maximum Gasteiger partial charge on any atom is 0.267 e. The van der Waals surface area contributed by atoms with Gasteiger partial charge in [-0.2, -0.15) is 11.8 Å². The third kappa shape index (κ3) is 3.66. The molecule has 2 heterocycles. The second-order valence-corrected chi connectivity index (χ2v) is 8.89. The summed E-state index contributed by atoms with van der Waals surface area (Å²) in [5, 5.41) is 1.48. The first-order valence-corrected chi connectivity index (χ1v) is 11.6. The van der Waals surface area contributed by atoms with Crippen molar-refractivity contribution in [2.45, 2.75) is 25.4 Å². The van der Waals surface area contributed by atoms with Crippen LogP contribution in [0.3, 0.4) is 0 Å². The predicted octanol–water partition coefficient (Wildman–Crippen LogP) is 4.78. The van der Waals surface area contributed by atoms with Crippen molar-refractivity contribution >= 4 is 45.1 Å². The molecule has 0 aliphatic rings. The van der Waals surface area contributed by atoms with E-state index in [9.17, 15) is 4.79 Å². The van der Waals surface area contributed by atoms with Crippen LogP contribution in [0.1, 0.15) is 17.4 Å². The first-order chi connectivity index (χ1) is 12.6. The monoisotopic (exact) mass is 406 g/mol. The van der Waals surface area contributed by atoms with Crippen LogP contribution in [-0.2, 0) is 6.42 Å². The largest absolute Gasteiger partial charge is 0.497 e. The lowest BCUT2D eigenvalue weighted by Crippen LogP contribution is -2.21. The van der Waals surface area contributed by atoms with Crippen molar-refractivity contribution < 1.29 is 4.74 Å². The predicted molar refractivity (Wildman–Crippen MR) is 115 cm³/mol. The molecule has 0 radical (unpaired) electrons. The van der Waals surface area contributed by atoms with Crippen LogP contribution < -0.4 is 10.3 Å². The number of aromatic nitrogens is 2. The van der Waals surface area contributed by atoms with Gasteiger partial charge < -0.3 is 4.74 Å². The highest BCUT2D eigenvalue weighted by atomic mass is 32.2. The smallest absolute Gasteiger partial charge is 0.267 e. The fraction of sp³-hybridized carbons (Fsp3) is 0.368. The molecule has 26 heavy (non-hydrogen) atoms. The van der Waals surface area contributed by atoms with Gasteiger partial charge in [0.1, 0.15) is 10.6 Å². The molecule has 0 fully saturated rings. The Morgan fingerprint density at radius 3 is 2.81 bits per heavy atom. The fourth-order valence-electron chi connectivity index (χ4n) is 2.84. The normalized spacial score (nSPS) is 11.2. The van der Waals surface area contributed by atoms with E-state index in [4.69, 9.17) is 9.72 Å². The van der Waals surface area contributed by atoms with Crippen molar-refractivity contribution in [3.63, 3.8) is 0 Å². The molecular formula is C19H22N2O2S3. The Balaban J connectivity index is 2.25. The van der Waals surface area contributed by atoms with Crippen LogP contribution in [-0.4, -0.2) is 34.4 Å². The van der Waals surface area contributed by atoms with Gasteiger partial charge in [0.25, 0.3) is 5.56 Å². The Labute approximate surface area is 166 Å². The summed E-state index contributed by atoms with van der Waals surface area (Å²) in [5.41, 5.74) is 1.85. The van der Waals surface area contributed by atoms with Crippen molar-refractivity contribution in [2.24, 2.45) is 0 Å². The fourth-order valence-corrected chi connectivity index (χ4v) is 5.66. The average Bonchev–Trinajstić information content (AvgIpc) is 2.98. The first-order valence-electron chi connectivity index (χ1n) is 8.41. The maximum atomic E-state index is 13.4. The van der Waals surface area contributed by atoms with E-state index >= 15 is 0 Å². The third-order valence-corrected chi connectivity index (χ3v) is 7.32. The number of fused-ring (bicyclic) bond motifs is 1. The van der Waals surface area contributed by atoms with Crippen LogP contribution in [0.5, 0.6) is 5.75 Å². The van der Waals surface area contributed by atoms with E-state index in [0.29, 0.717) is 0 Å². The van der Waals surface area contributed by atoms with Gasteiger partial charge in [-0.25, -0.2) is 4.98 Å². The van der Waals surface area contributed by atoms with Gasteiger partial charge in [-0.1, -0.05) is 24.8 Å². The molecule has 7 heteroatoms. The molecule has 0 unspecified atom stereocenters. The molecule has 2 aromatic heterocycles. The number of hydrogen-bond acceptors (Lipinski definition) is 6. The number of hydrogen-bond donors (Lipinski definition) is 0. The zero-order chi connectivity index (χ0) is 18.7. The zero-order valence-electron chi connectivity index (χ0n) is 15.4. The van der Waals surface area contributed by atoms with Gasteiger partial charge >= 0.3 is 0 Å². The molecule has 0 spiro atoms. The van der Waals surface area contributed by atoms with E-state index in [1.165, 1.54) is 4.88 Å². The molecule has 4 nitrogen and oxygen atoms in total. The van der Waals surface area contributed by atoms with Gasteiger partial charge in [-0.3, -0.25) is 9.36 Å². The topological polar surface area (TPSA) is 44.1 Å². The van der Waals surface area contributed by atoms with Crippen LogP contribution in [0.25, 0.3) is 15.9 Å². The molecule has 0 saturated carbocycles. The highest BCUT2D eigenvalue weighted by molar-refractivity contribution is 8.02. The van der Waals surface area contributed by atoms with Crippen molar-refractivity contribution in [3.05, 3.63) is 45.1 Å². The highest BCUT2D eigenvalue weighted by Gasteiger charge is 2.18. The SMILES string of the molecule is CCc1sc2nc(SCCSC)n(-c3cccc(OC)c3)c(=O)c2c1C. The molecule has 3 rings (SSSR count). The molecule has 0 bridgehead atoms. The van der Waals surface area contributed by atoms with Crippen molar-refractivity contribution in [2.75, 3.05) is 24.9 Å². The summed E-state index contributed by atoms with van der Waals surface area (Å²) < 4.78 is 7.07. The molecule has 0 aliphatic heterocycles. The lowest BCUT2D eigenvalue weighted by Gasteiger charge is -2.13. The van der Waals surface area contributed by atoms with Crippen molar-refractivity contribution in [1.82, 2.24) is 9.55 Å². The molecule has 3 aromatic rings. The number of ether oxygens (including phenoxy) is 1. The molecule has 138 valence electrons. The average molecular weight is 407 g/mol. The van der Waals surface area contributed by atoms with Gasteiger partial charge in [-0.05, 0) is 37.3 Å².